The van der Waals surface area contributed by atoms with E-state index in [1.807, 2.05) is 57.8 Å². The third-order valence-corrected chi connectivity index (χ3v) is 3.34. The van der Waals surface area contributed by atoms with Crippen LogP contribution >= 0.6 is 0 Å². The molecule has 1 aromatic carbocycles. The van der Waals surface area contributed by atoms with Crippen LogP contribution in [0.5, 0.6) is 11.5 Å². The monoisotopic (exact) mass is 410 g/mol. The van der Waals surface area contributed by atoms with Gasteiger partial charge < -0.3 is 9.39 Å². The fourth-order valence-electron chi connectivity index (χ4n) is 2.11. The smallest absolute Gasteiger partial charge is 0.504 e. The van der Waals surface area contributed by atoms with Crippen LogP contribution in [0.1, 0.15) is 10.4 Å². The first-order chi connectivity index (χ1) is 12.6. The van der Waals surface area contributed by atoms with Crippen molar-refractivity contribution >= 4 is 13.3 Å². The predicted molar refractivity (Wildman–Crippen MR) is 97.0 cm³/mol. The summed E-state index contributed by atoms with van der Waals surface area (Å²) in [6.45, 7) is 0. The number of carbonyl (C=O) groups is 1. The summed E-state index contributed by atoms with van der Waals surface area (Å²) in [7, 11) is -1.61. The van der Waals surface area contributed by atoms with Gasteiger partial charge in [-0.3, -0.25) is 4.79 Å². The van der Waals surface area contributed by atoms with E-state index in [2.05, 4.69) is 4.65 Å². The normalized spacial score (nSPS) is 16.4. The van der Waals surface area contributed by atoms with Crippen molar-refractivity contribution in [3.05, 3.63) is 99.6 Å². The number of ketones is 1. The minimum absolute atomic E-state index is 0. The molecule has 0 atom stereocenters. The fraction of sp³-hybridized carbons (Fsp3) is 0.0500. The zero-order valence-corrected chi connectivity index (χ0v) is 15.6. The van der Waals surface area contributed by atoms with Gasteiger partial charge in [0.15, 0.2) is 5.78 Å². The van der Waals surface area contributed by atoms with Gasteiger partial charge in [-0.1, -0.05) is 6.08 Å². The molecule has 2 aliphatic rings. The van der Waals surface area contributed by atoms with Gasteiger partial charge in [-0.2, -0.15) is 0 Å². The molecule has 1 aromatic rings. The maximum atomic E-state index is 12.4. The summed E-state index contributed by atoms with van der Waals surface area (Å²) in [6.07, 6.45) is 20.3. The van der Waals surface area contributed by atoms with E-state index in [1.54, 1.807) is 6.08 Å². The molecule has 0 bridgehead atoms. The fourth-order valence-corrected chi connectivity index (χ4v) is 2.11. The van der Waals surface area contributed by atoms with E-state index in [4.69, 9.17) is 4.74 Å². The van der Waals surface area contributed by atoms with Gasteiger partial charge in [0, 0.05) is 12.0 Å². The van der Waals surface area contributed by atoms with Crippen molar-refractivity contribution in [2.24, 2.45) is 0 Å². The number of hydrogen-bond donors (Lipinski definition) is 0. The quantitative estimate of drug-likeness (QED) is 0.402. The van der Waals surface area contributed by atoms with Crippen LogP contribution in [0.2, 0.25) is 0 Å². The van der Waals surface area contributed by atoms with Gasteiger partial charge >= 0.3 is 24.5 Å². The Morgan fingerprint density at radius 1 is 1.00 bits per heavy atom. The van der Waals surface area contributed by atoms with Crippen LogP contribution in [0.3, 0.4) is 0 Å². The molecule has 3 nitrogen and oxygen atoms in total. The number of rotatable bonds is 6. The van der Waals surface area contributed by atoms with E-state index < -0.39 is 13.3 Å². The molecule has 0 spiro atoms. The first-order valence-corrected chi connectivity index (χ1v) is 7.84. The summed E-state index contributed by atoms with van der Waals surface area (Å²) in [5, 5.41) is 0. The molecule has 138 valence electrons. The van der Waals surface area contributed by atoms with Crippen LogP contribution in [0.25, 0.3) is 0 Å². The van der Waals surface area contributed by atoms with Crippen molar-refractivity contribution in [3.63, 3.8) is 0 Å². The van der Waals surface area contributed by atoms with Gasteiger partial charge in [0.25, 0.3) is 0 Å². The van der Waals surface area contributed by atoms with Gasteiger partial charge in [-0.15, -0.1) is 0 Å². The van der Waals surface area contributed by atoms with Crippen LogP contribution < -0.4 is 9.39 Å². The zero-order chi connectivity index (χ0) is 18.8. The number of ether oxygens (including phenoxy) is 1. The maximum Gasteiger partial charge on any atom is 2.00 e. The molecular formula is C20H17BF2FeO3+2. The van der Waals surface area contributed by atoms with E-state index in [0.29, 0.717) is 5.75 Å². The van der Waals surface area contributed by atoms with Crippen LogP contribution in [-0.2, 0) is 17.1 Å². The first kappa shape index (κ1) is 23.7. The molecular weight excluding hydrogens is 393 g/mol. The Balaban J connectivity index is 0.000000526. The summed E-state index contributed by atoms with van der Waals surface area (Å²) in [4.78, 5) is 12.1. The third-order valence-electron chi connectivity index (χ3n) is 3.34. The number of methoxy groups -OCH3 is 1. The molecule has 7 heteroatoms. The van der Waals surface area contributed by atoms with Crippen LogP contribution in [0, 0.1) is 63.7 Å². The summed E-state index contributed by atoms with van der Waals surface area (Å²) in [6, 6.07) is 4.17. The average Bonchev–Trinajstić information content (AvgIpc) is 3.35. The van der Waals surface area contributed by atoms with E-state index in [9.17, 15) is 13.4 Å². The summed E-state index contributed by atoms with van der Waals surface area (Å²) >= 11 is 0. The zero-order valence-electron chi connectivity index (χ0n) is 14.5. The SMILES string of the molecule is COc1ccc(C(=O)/C=C/[C]2[CH][CH][CH][CH]2)c(OB(F)F)c1.[CH]1[CH][CH][CH][CH]1.[Fe+2]. The topological polar surface area (TPSA) is 35.5 Å². The van der Waals surface area contributed by atoms with Gasteiger partial charge in [-0.05, 0) is 76.0 Å². The second-order valence-electron chi connectivity index (χ2n) is 5.12. The van der Waals surface area contributed by atoms with Crippen molar-refractivity contribution in [2.75, 3.05) is 7.11 Å². The Bertz CT molecular complexity index is 593. The Morgan fingerprint density at radius 3 is 2.11 bits per heavy atom. The third kappa shape index (κ3) is 8.48. The predicted octanol–water partition coefficient (Wildman–Crippen LogP) is 4.16. The average molecular weight is 410 g/mol. The Kier molecular flexibility index (Phi) is 11.4. The molecule has 0 heterocycles. The van der Waals surface area contributed by atoms with Crippen molar-refractivity contribution in [1.82, 2.24) is 0 Å². The van der Waals surface area contributed by atoms with E-state index in [1.165, 1.54) is 31.4 Å². The standard InChI is InChI=1S/C15H12BF2O3.C5H5.Fe/c1-20-12-7-8-13(15(10-12)21-16(17)18)14(19)9-6-11-4-2-3-5-11;1-2-4-5-3-1;/h2-10H,1H3;1-5H;/q;;+2/b9-6+;;. The van der Waals surface area contributed by atoms with Crippen LogP contribution in [0.15, 0.2) is 30.4 Å². The molecule has 27 heavy (non-hydrogen) atoms. The summed E-state index contributed by atoms with van der Waals surface area (Å²) in [5.41, 5.74) is 0.0545. The second-order valence-corrected chi connectivity index (χ2v) is 5.12. The Labute approximate surface area is 171 Å². The molecule has 2 fully saturated rings. The molecule has 2 saturated carbocycles. The maximum absolute atomic E-state index is 12.4. The number of hydrogen-bond acceptors (Lipinski definition) is 3. The minimum atomic E-state index is -3.01. The van der Waals surface area contributed by atoms with Crippen LogP contribution in [0.4, 0.5) is 8.63 Å². The minimum Gasteiger partial charge on any atom is -0.504 e. The van der Waals surface area contributed by atoms with Gasteiger partial charge in [-0.25, -0.2) is 8.63 Å². The van der Waals surface area contributed by atoms with Gasteiger partial charge in [0.05, 0.1) is 12.7 Å². The second kappa shape index (κ2) is 13.0. The number of carbonyl (C=O) groups excluding carboxylic acids is 1. The van der Waals surface area contributed by atoms with Crippen molar-refractivity contribution in [1.29, 1.82) is 0 Å². The number of halogens is 2. The van der Waals surface area contributed by atoms with Gasteiger partial charge in [0.2, 0.25) is 0 Å². The first-order valence-electron chi connectivity index (χ1n) is 7.84. The molecule has 0 saturated heterocycles. The molecule has 0 aliphatic heterocycles. The molecule has 0 amide bonds. The van der Waals surface area contributed by atoms with E-state index in [0.717, 1.165) is 5.92 Å². The van der Waals surface area contributed by atoms with E-state index in [-0.39, 0.29) is 28.4 Å². The summed E-state index contributed by atoms with van der Waals surface area (Å²) in [5.74, 6) is 0.561. The molecule has 2 aliphatic carbocycles. The molecule has 3 rings (SSSR count). The Morgan fingerprint density at radius 2 is 1.59 bits per heavy atom. The summed E-state index contributed by atoms with van der Waals surface area (Å²) < 4.78 is 34.1. The van der Waals surface area contributed by atoms with Crippen molar-refractivity contribution < 1.29 is 39.9 Å². The van der Waals surface area contributed by atoms with Gasteiger partial charge in [0.1, 0.15) is 11.5 Å². The number of allylic oxidation sites excluding steroid dienone is 2. The Hall–Kier alpha value is -1.33. The van der Waals surface area contributed by atoms with Crippen LogP contribution in [-0.4, -0.2) is 20.4 Å². The molecule has 10 radical (unpaired) electrons. The number of benzene rings is 1. The molecule has 0 N–H and O–H groups in total. The van der Waals surface area contributed by atoms with E-state index >= 15 is 0 Å². The van der Waals surface area contributed by atoms with Crippen molar-refractivity contribution in [2.45, 2.75) is 0 Å². The molecule has 0 unspecified atom stereocenters. The largest absolute Gasteiger partial charge is 2.00 e. The molecule has 0 aromatic heterocycles. The van der Waals surface area contributed by atoms with Crippen molar-refractivity contribution in [3.8, 4) is 11.5 Å².